The van der Waals surface area contributed by atoms with Crippen molar-refractivity contribution in [1.29, 1.82) is 0 Å². The predicted molar refractivity (Wildman–Crippen MR) is 84.8 cm³/mol. The number of rotatable bonds is 5. The summed E-state index contributed by atoms with van der Waals surface area (Å²) in [5, 5.41) is 3.57. The highest BCUT2D eigenvalue weighted by Gasteiger charge is 2.27. The van der Waals surface area contributed by atoms with E-state index in [0.717, 1.165) is 6.26 Å². The van der Waals surface area contributed by atoms with Crippen LogP contribution in [0.25, 0.3) is 0 Å². The Morgan fingerprint density at radius 1 is 1.21 bits per heavy atom. The lowest BCUT2D eigenvalue weighted by Gasteiger charge is -2.15. The minimum Gasteiger partial charge on any atom is -0.459 e. The standard InChI is InChI=1S/C16H17NO6S/c1-9(2)23-16(19)14-10(3)11(5-6-13(14)24(4,20)21)15(18)12-7-8-22-17-12/h5-9H,1-4H3. The van der Waals surface area contributed by atoms with Crippen LogP contribution in [0, 0.1) is 6.92 Å². The van der Waals surface area contributed by atoms with Gasteiger partial charge in [-0.3, -0.25) is 4.79 Å². The Bertz CT molecular complexity index is 882. The van der Waals surface area contributed by atoms with Gasteiger partial charge in [0.1, 0.15) is 6.26 Å². The van der Waals surface area contributed by atoms with E-state index in [1.807, 2.05) is 0 Å². The number of esters is 1. The van der Waals surface area contributed by atoms with Crippen molar-refractivity contribution in [3.05, 3.63) is 46.8 Å². The SMILES string of the molecule is Cc1c(C(=O)c2ccon2)ccc(S(C)(=O)=O)c1C(=O)OC(C)C. The summed E-state index contributed by atoms with van der Waals surface area (Å²) in [6.45, 7) is 4.80. The summed E-state index contributed by atoms with van der Waals surface area (Å²) in [6.07, 6.45) is 1.81. The van der Waals surface area contributed by atoms with Gasteiger partial charge in [-0.25, -0.2) is 13.2 Å². The normalized spacial score (nSPS) is 11.5. The molecule has 0 aliphatic heterocycles. The van der Waals surface area contributed by atoms with E-state index in [1.165, 1.54) is 31.4 Å². The molecule has 0 saturated heterocycles. The van der Waals surface area contributed by atoms with E-state index in [0.29, 0.717) is 0 Å². The largest absolute Gasteiger partial charge is 0.459 e. The van der Waals surface area contributed by atoms with Crippen LogP contribution < -0.4 is 0 Å². The van der Waals surface area contributed by atoms with Crippen LogP contribution in [0.1, 0.15) is 45.8 Å². The number of hydrogen-bond donors (Lipinski definition) is 0. The Balaban J connectivity index is 2.66. The van der Waals surface area contributed by atoms with Crippen molar-refractivity contribution in [2.45, 2.75) is 31.8 Å². The molecular formula is C16H17NO6S. The van der Waals surface area contributed by atoms with Crippen molar-refractivity contribution in [1.82, 2.24) is 5.16 Å². The number of ether oxygens (including phenoxy) is 1. The van der Waals surface area contributed by atoms with Gasteiger partial charge in [0, 0.05) is 17.9 Å². The maximum absolute atomic E-state index is 12.5. The fraction of sp³-hybridized carbons (Fsp3) is 0.312. The molecule has 0 fully saturated rings. The Morgan fingerprint density at radius 3 is 2.38 bits per heavy atom. The molecule has 0 aliphatic carbocycles. The molecule has 0 N–H and O–H groups in total. The summed E-state index contributed by atoms with van der Waals surface area (Å²) in [5.74, 6) is -1.27. The molecule has 8 heteroatoms. The smallest absolute Gasteiger partial charge is 0.340 e. The molecule has 0 unspecified atom stereocenters. The molecular weight excluding hydrogens is 334 g/mol. The molecule has 0 saturated carbocycles. The molecule has 24 heavy (non-hydrogen) atoms. The molecule has 2 rings (SSSR count). The molecule has 128 valence electrons. The van der Waals surface area contributed by atoms with Gasteiger partial charge < -0.3 is 9.26 Å². The summed E-state index contributed by atoms with van der Waals surface area (Å²) in [6, 6.07) is 3.97. The molecule has 0 bridgehead atoms. The molecule has 0 spiro atoms. The monoisotopic (exact) mass is 351 g/mol. The van der Waals surface area contributed by atoms with Gasteiger partial charge >= 0.3 is 5.97 Å². The van der Waals surface area contributed by atoms with Crippen molar-refractivity contribution in [2.24, 2.45) is 0 Å². The van der Waals surface area contributed by atoms with Gasteiger partial charge in [-0.05, 0) is 38.5 Å². The lowest BCUT2D eigenvalue weighted by Crippen LogP contribution is -2.19. The maximum Gasteiger partial charge on any atom is 0.340 e. The number of aromatic nitrogens is 1. The van der Waals surface area contributed by atoms with Crippen molar-refractivity contribution in [3.63, 3.8) is 0 Å². The lowest BCUT2D eigenvalue weighted by molar-refractivity contribution is 0.0372. The minimum absolute atomic E-state index is 0.0633. The van der Waals surface area contributed by atoms with E-state index in [1.54, 1.807) is 13.8 Å². The van der Waals surface area contributed by atoms with Gasteiger partial charge in [0.15, 0.2) is 15.5 Å². The predicted octanol–water partition coefficient (Wildman–Crippen LogP) is 2.18. The quantitative estimate of drug-likeness (QED) is 0.600. The number of benzene rings is 1. The van der Waals surface area contributed by atoms with Gasteiger partial charge in [-0.15, -0.1) is 0 Å². The first-order chi connectivity index (χ1) is 11.1. The average Bonchev–Trinajstić information content (AvgIpc) is 2.98. The topological polar surface area (TPSA) is 104 Å². The zero-order chi connectivity index (χ0) is 18.1. The van der Waals surface area contributed by atoms with Crippen molar-refractivity contribution in [2.75, 3.05) is 6.26 Å². The van der Waals surface area contributed by atoms with Crippen LogP contribution >= 0.6 is 0 Å². The average molecular weight is 351 g/mol. The van der Waals surface area contributed by atoms with Crippen LogP contribution in [0.15, 0.2) is 33.9 Å². The third-order valence-electron chi connectivity index (χ3n) is 3.29. The number of carbonyl (C=O) groups is 2. The summed E-state index contributed by atoms with van der Waals surface area (Å²) in [7, 11) is -3.68. The zero-order valence-corrected chi connectivity index (χ0v) is 14.5. The van der Waals surface area contributed by atoms with E-state index in [2.05, 4.69) is 9.68 Å². The second-order valence-corrected chi connectivity index (χ2v) is 7.54. The number of nitrogens with zero attached hydrogens (tertiary/aromatic N) is 1. The Labute approximate surface area is 139 Å². The van der Waals surface area contributed by atoms with Crippen molar-refractivity contribution < 1.29 is 27.3 Å². The highest BCUT2D eigenvalue weighted by atomic mass is 32.2. The van der Waals surface area contributed by atoms with Gasteiger partial charge in [0.2, 0.25) is 5.78 Å². The fourth-order valence-corrected chi connectivity index (χ4v) is 3.16. The fourth-order valence-electron chi connectivity index (χ4n) is 2.24. The number of hydrogen-bond acceptors (Lipinski definition) is 7. The molecule has 7 nitrogen and oxygen atoms in total. The molecule has 0 aliphatic rings. The van der Waals surface area contributed by atoms with Crippen molar-refractivity contribution in [3.8, 4) is 0 Å². The third-order valence-corrected chi connectivity index (χ3v) is 4.43. The molecule has 1 aromatic heterocycles. The van der Waals surface area contributed by atoms with E-state index in [4.69, 9.17) is 4.74 Å². The zero-order valence-electron chi connectivity index (χ0n) is 13.7. The number of ketones is 1. The second kappa shape index (κ2) is 6.56. The first-order valence-corrected chi connectivity index (χ1v) is 9.01. The minimum atomic E-state index is -3.68. The highest BCUT2D eigenvalue weighted by Crippen LogP contribution is 2.26. The third kappa shape index (κ3) is 3.53. The number of carbonyl (C=O) groups excluding carboxylic acids is 2. The van der Waals surface area contributed by atoms with Gasteiger partial charge in [0.05, 0.1) is 16.6 Å². The maximum atomic E-state index is 12.5. The summed E-state index contributed by atoms with van der Waals surface area (Å²) >= 11 is 0. The van der Waals surface area contributed by atoms with Gasteiger partial charge in [-0.1, -0.05) is 5.16 Å². The molecule has 0 amide bonds. The molecule has 2 aromatic rings. The van der Waals surface area contributed by atoms with E-state index >= 15 is 0 Å². The highest BCUT2D eigenvalue weighted by molar-refractivity contribution is 7.90. The molecule has 0 atom stereocenters. The molecule has 0 radical (unpaired) electrons. The van der Waals surface area contributed by atoms with Gasteiger partial charge in [0.25, 0.3) is 0 Å². The molecule has 1 heterocycles. The van der Waals surface area contributed by atoms with Crippen LogP contribution in [0.2, 0.25) is 0 Å². The van der Waals surface area contributed by atoms with E-state index in [-0.39, 0.29) is 27.3 Å². The van der Waals surface area contributed by atoms with E-state index < -0.39 is 27.7 Å². The van der Waals surface area contributed by atoms with Crippen LogP contribution in [0.5, 0.6) is 0 Å². The summed E-state index contributed by atoms with van der Waals surface area (Å²) < 4.78 is 33.7. The van der Waals surface area contributed by atoms with Crippen LogP contribution in [-0.4, -0.2) is 37.7 Å². The summed E-state index contributed by atoms with van der Waals surface area (Å²) in [4.78, 5) is 24.7. The first kappa shape index (κ1) is 17.9. The Hall–Kier alpha value is -2.48. The van der Waals surface area contributed by atoms with E-state index in [9.17, 15) is 18.0 Å². The van der Waals surface area contributed by atoms with Crippen molar-refractivity contribution >= 4 is 21.6 Å². The second-order valence-electron chi connectivity index (χ2n) is 5.55. The Morgan fingerprint density at radius 2 is 1.88 bits per heavy atom. The molecule has 1 aromatic carbocycles. The van der Waals surface area contributed by atoms with Crippen LogP contribution in [0.4, 0.5) is 0 Å². The van der Waals surface area contributed by atoms with Gasteiger partial charge in [-0.2, -0.15) is 0 Å². The lowest BCUT2D eigenvalue weighted by atomic mass is 9.97. The first-order valence-electron chi connectivity index (χ1n) is 7.12. The summed E-state index contributed by atoms with van der Waals surface area (Å²) in [5.41, 5.74) is 0.303. The van der Waals surface area contributed by atoms with Crippen LogP contribution in [0.3, 0.4) is 0 Å². The van der Waals surface area contributed by atoms with Crippen LogP contribution in [-0.2, 0) is 14.6 Å². The Kier molecular flexibility index (Phi) is 4.88. The number of sulfone groups is 1.